The van der Waals surface area contributed by atoms with Gasteiger partial charge in [0.05, 0.1) is 23.0 Å². The van der Waals surface area contributed by atoms with Crippen molar-refractivity contribution in [1.82, 2.24) is 5.16 Å². The summed E-state index contributed by atoms with van der Waals surface area (Å²) >= 11 is 7.61. The zero-order chi connectivity index (χ0) is 22.0. The normalized spacial score (nSPS) is 15.6. The van der Waals surface area contributed by atoms with Crippen LogP contribution in [0, 0.1) is 13.8 Å². The molecule has 0 spiro atoms. The first-order valence-corrected chi connectivity index (χ1v) is 11.2. The van der Waals surface area contributed by atoms with Crippen LogP contribution in [0.2, 0.25) is 5.02 Å². The summed E-state index contributed by atoms with van der Waals surface area (Å²) in [5, 5.41) is 5.24. The van der Waals surface area contributed by atoms with E-state index in [4.69, 9.17) is 20.9 Å². The van der Waals surface area contributed by atoms with E-state index < -0.39 is 0 Å². The molecule has 0 radical (unpaired) electrons. The van der Waals surface area contributed by atoms with Gasteiger partial charge in [-0.15, -0.1) is 0 Å². The lowest BCUT2D eigenvalue weighted by Crippen LogP contribution is -2.34. The van der Waals surface area contributed by atoms with Gasteiger partial charge in [-0.1, -0.05) is 28.5 Å². The van der Waals surface area contributed by atoms with Crippen LogP contribution in [0.25, 0.3) is 0 Å². The molecule has 2 aromatic carbocycles. The van der Waals surface area contributed by atoms with E-state index in [2.05, 4.69) is 10.1 Å². The lowest BCUT2D eigenvalue weighted by molar-refractivity contribution is 0.100. The Kier molecular flexibility index (Phi) is 6.34. The van der Waals surface area contributed by atoms with Gasteiger partial charge in [0, 0.05) is 16.3 Å². The summed E-state index contributed by atoms with van der Waals surface area (Å²) in [5.41, 5.74) is 3.02. The van der Waals surface area contributed by atoms with Crippen LogP contribution in [0.3, 0.4) is 0 Å². The third-order valence-electron chi connectivity index (χ3n) is 4.93. The monoisotopic (exact) mass is 455 g/mol. The maximum atomic E-state index is 13.4. The van der Waals surface area contributed by atoms with Crippen LogP contribution >= 0.6 is 23.4 Å². The number of hydrogen-bond acceptors (Lipinski definition) is 6. The molecule has 1 aliphatic rings. The van der Waals surface area contributed by atoms with Crippen LogP contribution < -0.4 is 9.64 Å². The first-order valence-electron chi connectivity index (χ1n) is 9.87. The van der Waals surface area contributed by atoms with Crippen molar-refractivity contribution in [3.05, 3.63) is 76.1 Å². The first kappa shape index (κ1) is 21.5. The number of nitrogens with zero attached hydrogens (tertiary/aromatic N) is 3. The topological polar surface area (TPSA) is 67.9 Å². The number of thioether (sulfide) groups is 1. The van der Waals surface area contributed by atoms with Gasteiger partial charge in [0.2, 0.25) is 0 Å². The highest BCUT2D eigenvalue weighted by Crippen LogP contribution is 2.29. The van der Waals surface area contributed by atoms with Gasteiger partial charge < -0.3 is 9.26 Å². The minimum atomic E-state index is -0.153. The molecule has 31 heavy (non-hydrogen) atoms. The number of amidine groups is 1. The number of aryl methyl sites for hydroxylation is 2. The van der Waals surface area contributed by atoms with Gasteiger partial charge in [-0.3, -0.25) is 14.7 Å². The van der Waals surface area contributed by atoms with E-state index >= 15 is 0 Å². The lowest BCUT2D eigenvalue weighted by atomic mass is 10.1. The van der Waals surface area contributed by atoms with Crippen molar-refractivity contribution in [3.8, 4) is 5.75 Å². The fourth-order valence-electron chi connectivity index (χ4n) is 3.17. The van der Waals surface area contributed by atoms with Gasteiger partial charge in [-0.2, -0.15) is 0 Å². The van der Waals surface area contributed by atoms with Crippen LogP contribution in [0.15, 0.2) is 58.0 Å². The molecule has 0 N–H and O–H groups in total. The van der Waals surface area contributed by atoms with Crippen molar-refractivity contribution in [1.29, 1.82) is 0 Å². The van der Waals surface area contributed by atoms with Gasteiger partial charge in [0.1, 0.15) is 18.1 Å². The largest absolute Gasteiger partial charge is 0.489 e. The maximum Gasteiger partial charge on any atom is 0.264 e. The molecule has 1 aromatic heterocycles. The number of aliphatic imine (C=N–C) groups is 1. The SMILES string of the molecule is Cc1noc(C)c1COc1ccc(C(=O)N(C2=N[C@@H](C)CS2)c2ccc(Cl)cc2)cc1. The summed E-state index contributed by atoms with van der Waals surface area (Å²) in [6.45, 7) is 6.13. The van der Waals surface area contributed by atoms with Crippen molar-refractivity contribution < 1.29 is 14.1 Å². The predicted molar refractivity (Wildman–Crippen MR) is 124 cm³/mol. The standard InChI is InChI=1S/C23H22ClN3O3S/c1-14-13-31-23(25-14)27(19-8-6-18(24)7-9-19)22(28)17-4-10-20(11-5-17)29-12-21-15(2)26-30-16(21)3/h4-11,14H,12-13H2,1-3H3/t14-/m0/s1. The smallest absolute Gasteiger partial charge is 0.264 e. The van der Waals surface area contributed by atoms with Crippen LogP contribution in [0.4, 0.5) is 5.69 Å². The zero-order valence-electron chi connectivity index (χ0n) is 17.5. The Morgan fingerprint density at radius 1 is 1.19 bits per heavy atom. The summed E-state index contributed by atoms with van der Waals surface area (Å²) in [4.78, 5) is 19.7. The number of halogens is 1. The van der Waals surface area contributed by atoms with Crippen molar-refractivity contribution in [2.24, 2.45) is 4.99 Å². The highest BCUT2D eigenvalue weighted by atomic mass is 35.5. The molecular weight excluding hydrogens is 434 g/mol. The van der Waals surface area contributed by atoms with E-state index in [1.54, 1.807) is 53.1 Å². The van der Waals surface area contributed by atoms with Gasteiger partial charge in [0.25, 0.3) is 5.91 Å². The summed E-state index contributed by atoms with van der Waals surface area (Å²) in [5.74, 6) is 2.10. The quantitative estimate of drug-likeness (QED) is 0.496. The van der Waals surface area contributed by atoms with E-state index in [9.17, 15) is 4.79 Å². The molecule has 160 valence electrons. The molecule has 1 atom stereocenters. The average Bonchev–Trinajstić information content (AvgIpc) is 3.33. The number of rotatable bonds is 5. The molecule has 8 heteroatoms. The van der Waals surface area contributed by atoms with Crippen molar-refractivity contribution in [2.45, 2.75) is 33.4 Å². The fourth-order valence-corrected chi connectivity index (χ4v) is 4.33. The third-order valence-corrected chi connectivity index (χ3v) is 6.38. The molecule has 1 aliphatic heterocycles. The minimum Gasteiger partial charge on any atom is -0.489 e. The van der Waals surface area contributed by atoms with Gasteiger partial charge in [0.15, 0.2) is 5.17 Å². The number of aromatic nitrogens is 1. The zero-order valence-corrected chi connectivity index (χ0v) is 19.0. The second kappa shape index (κ2) is 9.16. The number of carbonyl (C=O) groups excluding carboxylic acids is 1. The van der Waals surface area contributed by atoms with E-state index in [1.807, 2.05) is 32.9 Å². The van der Waals surface area contributed by atoms with Crippen LogP contribution in [0.5, 0.6) is 5.75 Å². The number of benzene rings is 2. The molecular formula is C23H22ClN3O3S. The molecule has 0 unspecified atom stereocenters. The van der Waals surface area contributed by atoms with Crippen LogP contribution in [-0.4, -0.2) is 28.0 Å². The van der Waals surface area contributed by atoms with Gasteiger partial charge in [-0.05, 0) is 69.3 Å². The Morgan fingerprint density at radius 3 is 2.48 bits per heavy atom. The molecule has 4 rings (SSSR count). The van der Waals surface area contributed by atoms with E-state index in [1.165, 1.54) is 0 Å². The summed E-state index contributed by atoms with van der Waals surface area (Å²) < 4.78 is 11.0. The summed E-state index contributed by atoms with van der Waals surface area (Å²) in [6.07, 6.45) is 0. The average molecular weight is 456 g/mol. The van der Waals surface area contributed by atoms with Gasteiger partial charge >= 0.3 is 0 Å². The van der Waals surface area contributed by atoms with Crippen molar-refractivity contribution in [3.63, 3.8) is 0 Å². The number of hydrogen-bond donors (Lipinski definition) is 0. The number of ether oxygens (including phenoxy) is 1. The Labute approximate surface area is 190 Å². The molecule has 0 aliphatic carbocycles. The molecule has 0 bridgehead atoms. The van der Waals surface area contributed by atoms with Gasteiger partial charge in [-0.25, -0.2) is 0 Å². The Bertz CT molecular complexity index is 1090. The molecule has 0 fully saturated rings. The number of amides is 1. The molecule has 0 saturated heterocycles. The van der Waals surface area contributed by atoms with E-state index in [-0.39, 0.29) is 11.9 Å². The van der Waals surface area contributed by atoms with Crippen molar-refractivity contribution in [2.75, 3.05) is 10.7 Å². The Balaban J connectivity index is 1.54. The van der Waals surface area contributed by atoms with Crippen LogP contribution in [-0.2, 0) is 6.61 Å². The van der Waals surface area contributed by atoms with E-state index in [0.29, 0.717) is 28.1 Å². The summed E-state index contributed by atoms with van der Waals surface area (Å²) in [6, 6.07) is 14.5. The predicted octanol–water partition coefficient (Wildman–Crippen LogP) is 5.66. The van der Waals surface area contributed by atoms with Crippen molar-refractivity contribution >= 4 is 40.1 Å². The maximum absolute atomic E-state index is 13.4. The lowest BCUT2D eigenvalue weighted by Gasteiger charge is -2.22. The fraction of sp³-hybridized carbons (Fsp3) is 0.261. The molecule has 2 heterocycles. The highest BCUT2D eigenvalue weighted by Gasteiger charge is 2.27. The Morgan fingerprint density at radius 2 is 1.90 bits per heavy atom. The Hall–Kier alpha value is -2.77. The second-order valence-electron chi connectivity index (χ2n) is 7.30. The molecule has 6 nitrogen and oxygen atoms in total. The minimum absolute atomic E-state index is 0.153. The molecule has 1 amide bonds. The second-order valence-corrected chi connectivity index (χ2v) is 8.73. The summed E-state index contributed by atoms with van der Waals surface area (Å²) in [7, 11) is 0. The number of carbonyl (C=O) groups is 1. The molecule has 3 aromatic rings. The van der Waals surface area contributed by atoms with E-state index in [0.717, 1.165) is 28.5 Å². The third kappa shape index (κ3) is 4.78. The molecule has 0 saturated carbocycles. The highest BCUT2D eigenvalue weighted by molar-refractivity contribution is 8.14. The number of anilines is 1. The first-order chi connectivity index (χ1) is 14.9. The van der Waals surface area contributed by atoms with Crippen LogP contribution in [0.1, 0.15) is 34.3 Å².